The summed E-state index contributed by atoms with van der Waals surface area (Å²) in [4.78, 5) is 28.3. The average Bonchev–Trinajstić information content (AvgIpc) is 3.02. The summed E-state index contributed by atoms with van der Waals surface area (Å²) in [5.74, 6) is -0.145. The van der Waals surface area contributed by atoms with Crippen molar-refractivity contribution in [3.63, 3.8) is 0 Å². The standard InChI is InChI=1S/C19H25N5O5S/c1-11(25)23-7-5-13(6-8-23)24-10-14-12(9-15(20)19(24)26)3-4-16-17(14)18(22-21-16)29-30(2,27)28/h3-4,13,15H,5-10,20H2,1-2H3,(H,21,22)/t15-/m1/s1. The molecule has 0 unspecified atom stereocenters. The first-order valence-electron chi connectivity index (χ1n) is 9.84. The Morgan fingerprint density at radius 2 is 2.00 bits per heavy atom. The van der Waals surface area contributed by atoms with Crippen LogP contribution in [-0.4, -0.2) is 71.7 Å². The second-order valence-corrected chi connectivity index (χ2v) is 9.53. The molecule has 10 nitrogen and oxygen atoms in total. The number of carbonyl (C=O) groups excluding carboxylic acids is 2. The fourth-order valence-electron chi connectivity index (χ4n) is 4.36. The highest BCUT2D eigenvalue weighted by atomic mass is 32.2. The Kier molecular flexibility index (Phi) is 5.18. The van der Waals surface area contributed by atoms with Gasteiger partial charge in [0, 0.05) is 32.6 Å². The van der Waals surface area contributed by atoms with Crippen LogP contribution in [0.1, 0.15) is 30.9 Å². The Balaban J connectivity index is 1.73. The molecule has 1 fully saturated rings. The Hall–Kier alpha value is -2.66. The second-order valence-electron chi connectivity index (χ2n) is 7.96. The molecule has 1 aromatic carbocycles. The number of fused-ring (bicyclic) bond motifs is 3. The molecule has 4 rings (SSSR count). The van der Waals surface area contributed by atoms with Crippen molar-refractivity contribution in [3.05, 3.63) is 23.3 Å². The van der Waals surface area contributed by atoms with Gasteiger partial charge in [-0.2, -0.15) is 8.42 Å². The molecule has 0 aliphatic carbocycles. The third-order valence-corrected chi connectivity index (χ3v) is 6.31. The van der Waals surface area contributed by atoms with E-state index >= 15 is 0 Å². The van der Waals surface area contributed by atoms with E-state index in [0.29, 0.717) is 43.3 Å². The van der Waals surface area contributed by atoms with Crippen LogP contribution in [-0.2, 0) is 32.7 Å². The second kappa shape index (κ2) is 7.55. The van der Waals surface area contributed by atoms with Crippen LogP contribution in [0.2, 0.25) is 0 Å². The lowest BCUT2D eigenvalue weighted by molar-refractivity contribution is -0.137. The number of hydrogen-bond donors (Lipinski definition) is 2. The van der Waals surface area contributed by atoms with Gasteiger partial charge >= 0.3 is 10.1 Å². The van der Waals surface area contributed by atoms with Gasteiger partial charge in [0.1, 0.15) is 0 Å². The van der Waals surface area contributed by atoms with Gasteiger partial charge in [0.25, 0.3) is 5.88 Å². The van der Waals surface area contributed by atoms with Crippen molar-refractivity contribution in [2.75, 3.05) is 19.3 Å². The topological polar surface area (TPSA) is 139 Å². The number of aromatic nitrogens is 2. The minimum Gasteiger partial charge on any atom is -0.359 e. The zero-order chi connectivity index (χ0) is 21.6. The molecule has 11 heteroatoms. The summed E-state index contributed by atoms with van der Waals surface area (Å²) < 4.78 is 28.5. The highest BCUT2D eigenvalue weighted by Gasteiger charge is 2.35. The Labute approximate surface area is 174 Å². The fraction of sp³-hybridized carbons (Fsp3) is 0.526. The maximum absolute atomic E-state index is 13.1. The van der Waals surface area contributed by atoms with E-state index in [9.17, 15) is 18.0 Å². The van der Waals surface area contributed by atoms with Crippen molar-refractivity contribution in [2.24, 2.45) is 5.73 Å². The van der Waals surface area contributed by atoms with E-state index in [1.54, 1.807) is 22.8 Å². The number of carbonyl (C=O) groups is 2. The number of H-pyrrole nitrogens is 1. The number of piperidine rings is 1. The molecule has 30 heavy (non-hydrogen) atoms. The van der Waals surface area contributed by atoms with Crippen LogP contribution < -0.4 is 9.92 Å². The highest BCUT2D eigenvalue weighted by Crippen LogP contribution is 2.34. The molecule has 2 aliphatic rings. The van der Waals surface area contributed by atoms with Crippen molar-refractivity contribution in [1.29, 1.82) is 0 Å². The van der Waals surface area contributed by atoms with Gasteiger partial charge in [-0.15, -0.1) is 5.10 Å². The lowest BCUT2D eigenvalue weighted by atomic mass is 9.98. The molecule has 1 saturated heterocycles. The SMILES string of the molecule is CC(=O)N1CCC(N2Cc3c(ccc4[nH]nc(OS(C)(=O)=O)c34)C[C@@H](N)C2=O)CC1. The number of nitrogens with one attached hydrogen (secondary N) is 1. The summed E-state index contributed by atoms with van der Waals surface area (Å²) >= 11 is 0. The molecule has 0 radical (unpaired) electrons. The zero-order valence-corrected chi connectivity index (χ0v) is 17.7. The Morgan fingerprint density at radius 1 is 1.30 bits per heavy atom. The van der Waals surface area contributed by atoms with E-state index in [1.165, 1.54) is 0 Å². The lowest BCUT2D eigenvalue weighted by Gasteiger charge is -2.38. The number of likely N-dealkylation sites (tertiary alicyclic amines) is 1. The summed E-state index contributed by atoms with van der Waals surface area (Å²) in [6.07, 6.45) is 2.64. The molecule has 0 spiro atoms. The summed E-state index contributed by atoms with van der Waals surface area (Å²) in [6, 6.07) is 2.93. The van der Waals surface area contributed by atoms with Gasteiger partial charge in [0.15, 0.2) is 0 Å². The molecule has 0 bridgehead atoms. The Bertz CT molecular complexity index is 1100. The van der Waals surface area contributed by atoms with Crippen LogP contribution >= 0.6 is 0 Å². The first-order chi connectivity index (χ1) is 14.1. The molecular formula is C19H25N5O5S. The number of nitrogens with zero attached hydrogens (tertiary/aromatic N) is 3. The summed E-state index contributed by atoms with van der Waals surface area (Å²) in [5.41, 5.74) is 8.50. The molecular weight excluding hydrogens is 410 g/mol. The predicted octanol–water partition coefficient (Wildman–Crippen LogP) is 0.124. The van der Waals surface area contributed by atoms with Crippen LogP contribution in [0.4, 0.5) is 0 Å². The van der Waals surface area contributed by atoms with Crippen LogP contribution in [0.25, 0.3) is 10.9 Å². The van der Waals surface area contributed by atoms with Gasteiger partial charge in [0.2, 0.25) is 11.8 Å². The highest BCUT2D eigenvalue weighted by molar-refractivity contribution is 7.86. The average molecular weight is 436 g/mol. The van der Waals surface area contributed by atoms with E-state index in [4.69, 9.17) is 9.92 Å². The smallest absolute Gasteiger partial charge is 0.307 e. The van der Waals surface area contributed by atoms with Crippen molar-refractivity contribution >= 4 is 32.8 Å². The van der Waals surface area contributed by atoms with Crippen LogP contribution in [0, 0.1) is 0 Å². The van der Waals surface area contributed by atoms with E-state index in [1.807, 2.05) is 6.07 Å². The van der Waals surface area contributed by atoms with Crippen LogP contribution in [0.5, 0.6) is 5.88 Å². The minimum atomic E-state index is -3.77. The molecule has 2 aliphatic heterocycles. The van der Waals surface area contributed by atoms with Gasteiger partial charge < -0.3 is 19.7 Å². The van der Waals surface area contributed by atoms with E-state index < -0.39 is 16.2 Å². The van der Waals surface area contributed by atoms with Crippen LogP contribution in [0.3, 0.4) is 0 Å². The fourth-order valence-corrected chi connectivity index (χ4v) is 4.77. The summed E-state index contributed by atoms with van der Waals surface area (Å²) in [7, 11) is -3.77. The first-order valence-corrected chi connectivity index (χ1v) is 11.7. The quantitative estimate of drug-likeness (QED) is 0.653. The van der Waals surface area contributed by atoms with E-state index in [0.717, 1.165) is 17.4 Å². The number of amides is 2. The van der Waals surface area contributed by atoms with Crippen molar-refractivity contribution in [1.82, 2.24) is 20.0 Å². The normalized spacial score (nSPS) is 20.9. The molecule has 3 heterocycles. The third-order valence-electron chi connectivity index (χ3n) is 5.85. The summed E-state index contributed by atoms with van der Waals surface area (Å²) in [5, 5.41) is 7.36. The van der Waals surface area contributed by atoms with Gasteiger partial charge in [0.05, 0.1) is 23.2 Å². The molecule has 1 aromatic heterocycles. The zero-order valence-electron chi connectivity index (χ0n) is 16.9. The lowest BCUT2D eigenvalue weighted by Crippen LogP contribution is -2.51. The molecule has 162 valence electrons. The maximum Gasteiger partial charge on any atom is 0.307 e. The van der Waals surface area contributed by atoms with Gasteiger partial charge in [-0.25, -0.2) is 0 Å². The van der Waals surface area contributed by atoms with Crippen molar-refractivity contribution in [2.45, 2.75) is 44.8 Å². The number of rotatable bonds is 3. The number of benzene rings is 1. The number of aromatic amines is 1. The monoisotopic (exact) mass is 435 g/mol. The molecule has 3 N–H and O–H groups in total. The number of nitrogens with two attached hydrogens (primary N) is 1. The Morgan fingerprint density at radius 3 is 2.63 bits per heavy atom. The molecule has 2 aromatic rings. The van der Waals surface area contributed by atoms with Crippen molar-refractivity contribution < 1.29 is 22.2 Å². The molecule has 2 amide bonds. The van der Waals surface area contributed by atoms with Crippen molar-refractivity contribution in [3.8, 4) is 5.88 Å². The van der Waals surface area contributed by atoms with E-state index in [2.05, 4.69) is 10.2 Å². The first kappa shape index (κ1) is 20.6. The third kappa shape index (κ3) is 3.86. The number of hydrogen-bond acceptors (Lipinski definition) is 7. The van der Waals surface area contributed by atoms with Gasteiger partial charge in [-0.1, -0.05) is 6.07 Å². The van der Waals surface area contributed by atoms with Crippen LogP contribution in [0.15, 0.2) is 12.1 Å². The van der Waals surface area contributed by atoms with E-state index in [-0.39, 0.29) is 30.3 Å². The van der Waals surface area contributed by atoms with Gasteiger partial charge in [-0.05, 0) is 36.5 Å². The largest absolute Gasteiger partial charge is 0.359 e. The minimum absolute atomic E-state index is 0.0281. The molecule has 0 saturated carbocycles. The van der Waals surface area contributed by atoms with Gasteiger partial charge in [-0.3, -0.25) is 14.7 Å². The maximum atomic E-state index is 13.1. The molecule has 1 atom stereocenters. The predicted molar refractivity (Wildman–Crippen MR) is 109 cm³/mol. The summed E-state index contributed by atoms with van der Waals surface area (Å²) in [6.45, 7) is 3.00.